The van der Waals surface area contributed by atoms with Gasteiger partial charge in [0.25, 0.3) is 0 Å². The number of aromatic nitrogens is 2. The van der Waals surface area contributed by atoms with Gasteiger partial charge in [-0.25, -0.2) is 9.97 Å². The Hall–Kier alpha value is -2.70. The zero-order chi connectivity index (χ0) is 26.5. The zero-order valence-corrected chi connectivity index (χ0v) is 24.7. The number of aryl methyl sites for hydroxylation is 1. The number of thiazole rings is 2. The normalized spacial score (nSPS) is 16.1. The van der Waals surface area contributed by atoms with E-state index >= 15 is 0 Å². The number of benzene rings is 2. The van der Waals surface area contributed by atoms with E-state index < -0.39 is 0 Å². The van der Waals surface area contributed by atoms with Gasteiger partial charge in [0, 0.05) is 16.6 Å². The lowest BCUT2D eigenvalue weighted by atomic mass is 9.62. The molecule has 0 amide bonds. The highest BCUT2D eigenvalue weighted by molar-refractivity contribution is 7.23. The molecule has 194 valence electrons. The summed E-state index contributed by atoms with van der Waals surface area (Å²) in [5.74, 6) is 1.03. The van der Waals surface area contributed by atoms with E-state index in [4.69, 9.17) is 10.7 Å². The Kier molecular flexibility index (Phi) is 6.70. The summed E-state index contributed by atoms with van der Waals surface area (Å²) in [7, 11) is 0. The Morgan fingerprint density at radius 3 is 2.24 bits per heavy atom. The molecule has 2 heterocycles. The molecule has 0 bridgehead atoms. The smallest absolute Gasteiger partial charge is 0.189 e. The molecule has 2 aromatic heterocycles. The Labute approximate surface area is 229 Å². The van der Waals surface area contributed by atoms with Crippen molar-refractivity contribution in [2.45, 2.75) is 84.5 Å². The van der Waals surface area contributed by atoms with E-state index in [9.17, 15) is 0 Å². The molecule has 1 aliphatic carbocycles. The van der Waals surface area contributed by atoms with Crippen molar-refractivity contribution >= 4 is 39.3 Å². The Balaban J connectivity index is 1.47. The van der Waals surface area contributed by atoms with Crippen molar-refractivity contribution in [1.29, 1.82) is 0 Å². The number of nitrogens with zero attached hydrogens (tertiary/aromatic N) is 2. The third kappa shape index (κ3) is 4.94. The maximum absolute atomic E-state index is 6.38. The molecule has 0 unspecified atom stereocenters. The first-order chi connectivity index (χ1) is 17.5. The average Bonchev–Trinajstić information content (AvgIpc) is 3.48. The molecular weight excluding hydrogens is 493 g/mol. The van der Waals surface area contributed by atoms with Gasteiger partial charge in [-0.1, -0.05) is 78.0 Å². The Bertz CT molecular complexity index is 1420. The van der Waals surface area contributed by atoms with E-state index in [2.05, 4.69) is 101 Å². The lowest BCUT2D eigenvalue weighted by Crippen LogP contribution is -2.34. The van der Waals surface area contributed by atoms with E-state index in [1.165, 1.54) is 40.7 Å². The number of fused-ring (bicyclic) bond motifs is 1. The second-order valence-corrected chi connectivity index (χ2v) is 13.7. The molecule has 0 saturated carbocycles. The van der Waals surface area contributed by atoms with Crippen LogP contribution in [-0.4, -0.2) is 9.97 Å². The van der Waals surface area contributed by atoms with Crippen molar-refractivity contribution in [1.82, 2.24) is 9.97 Å². The molecule has 5 rings (SSSR count). The number of nitrogens with two attached hydrogens (primary N) is 1. The summed E-state index contributed by atoms with van der Waals surface area (Å²) < 4.78 is 0. The minimum atomic E-state index is 0.167. The first-order valence-corrected chi connectivity index (χ1v) is 15.0. The van der Waals surface area contributed by atoms with Gasteiger partial charge in [0.2, 0.25) is 0 Å². The summed E-state index contributed by atoms with van der Waals surface area (Å²) >= 11 is 3.20. The highest BCUT2D eigenvalue weighted by Crippen LogP contribution is 2.48. The van der Waals surface area contributed by atoms with Crippen LogP contribution in [0, 0.1) is 0 Å². The van der Waals surface area contributed by atoms with Gasteiger partial charge in [0.15, 0.2) is 5.13 Å². The predicted octanol–water partition coefficient (Wildman–Crippen LogP) is 9.29. The molecule has 0 spiro atoms. The van der Waals surface area contributed by atoms with Crippen LogP contribution in [0.15, 0.2) is 41.8 Å². The van der Waals surface area contributed by atoms with E-state index in [1.54, 1.807) is 22.7 Å². The molecule has 4 nitrogen and oxygen atoms in total. The maximum atomic E-state index is 6.38. The van der Waals surface area contributed by atoms with Gasteiger partial charge in [-0.05, 0) is 76.5 Å². The van der Waals surface area contributed by atoms with Crippen molar-refractivity contribution in [2.75, 3.05) is 11.1 Å². The van der Waals surface area contributed by atoms with E-state index in [-0.39, 0.29) is 10.8 Å². The van der Waals surface area contributed by atoms with E-state index in [0.717, 1.165) is 32.8 Å². The van der Waals surface area contributed by atoms with Gasteiger partial charge in [-0.3, -0.25) is 0 Å². The SMILES string of the molecule is CCc1cc2c(cc1-c1csc(-c3sc(Nc4ccc(C(C)C)cc4)nc3N)n1)C(C)(C)CCC2(C)C. The molecule has 6 heteroatoms. The van der Waals surface area contributed by atoms with Crippen LogP contribution in [0.4, 0.5) is 16.6 Å². The second-order valence-electron chi connectivity index (χ2n) is 11.8. The summed E-state index contributed by atoms with van der Waals surface area (Å²) in [6.45, 7) is 16.2. The van der Waals surface area contributed by atoms with Crippen molar-refractivity contribution in [3.05, 3.63) is 64.0 Å². The number of hydrogen-bond acceptors (Lipinski definition) is 6. The third-order valence-electron chi connectivity index (χ3n) is 7.91. The third-order valence-corrected chi connectivity index (χ3v) is 9.90. The van der Waals surface area contributed by atoms with Crippen molar-refractivity contribution in [3.63, 3.8) is 0 Å². The monoisotopic (exact) mass is 530 g/mol. The van der Waals surface area contributed by atoms with Crippen LogP contribution < -0.4 is 11.1 Å². The summed E-state index contributed by atoms with van der Waals surface area (Å²) in [4.78, 5) is 10.6. The fourth-order valence-electron chi connectivity index (χ4n) is 5.30. The van der Waals surface area contributed by atoms with Crippen LogP contribution in [0.5, 0.6) is 0 Å². The molecule has 37 heavy (non-hydrogen) atoms. The largest absolute Gasteiger partial charge is 0.382 e. The topological polar surface area (TPSA) is 63.8 Å². The number of rotatable bonds is 6. The standard InChI is InChI=1S/C31H38N4S2/c1-8-19-15-23-24(31(6,7)14-13-30(23,4)5)16-22(19)25-17-36-28(34-25)26-27(32)35-29(37-26)33-21-11-9-20(10-12-21)18(2)3/h9-12,15-18H,8,13-14,32H2,1-7H3,(H,33,35). The van der Waals surface area contributed by atoms with Crippen molar-refractivity contribution in [2.24, 2.45) is 0 Å². The van der Waals surface area contributed by atoms with Crippen LogP contribution in [0.2, 0.25) is 0 Å². The lowest BCUT2D eigenvalue weighted by Gasteiger charge is -2.42. The molecule has 4 aromatic rings. The number of hydrogen-bond donors (Lipinski definition) is 2. The quantitative estimate of drug-likeness (QED) is 0.261. The molecule has 2 aromatic carbocycles. The minimum Gasteiger partial charge on any atom is -0.382 e. The van der Waals surface area contributed by atoms with Crippen LogP contribution >= 0.6 is 22.7 Å². The molecule has 0 saturated heterocycles. The second kappa shape index (κ2) is 9.55. The first kappa shape index (κ1) is 25.9. The molecule has 0 atom stereocenters. The molecule has 3 N–H and O–H groups in total. The number of nitrogen functional groups attached to an aromatic ring is 1. The summed E-state index contributed by atoms with van der Waals surface area (Å²) in [5.41, 5.74) is 15.7. The number of anilines is 3. The maximum Gasteiger partial charge on any atom is 0.189 e. The summed E-state index contributed by atoms with van der Waals surface area (Å²) in [6.07, 6.45) is 3.41. The number of nitrogens with one attached hydrogen (secondary N) is 1. The minimum absolute atomic E-state index is 0.167. The van der Waals surface area contributed by atoms with Gasteiger partial charge in [0.05, 0.1) is 5.69 Å². The highest BCUT2D eigenvalue weighted by Gasteiger charge is 2.37. The molecular formula is C31H38N4S2. The Morgan fingerprint density at radius 2 is 1.62 bits per heavy atom. The summed E-state index contributed by atoms with van der Waals surface area (Å²) in [6, 6.07) is 13.4. The summed E-state index contributed by atoms with van der Waals surface area (Å²) in [5, 5.41) is 7.30. The van der Waals surface area contributed by atoms with Crippen LogP contribution in [0.25, 0.3) is 21.1 Å². The van der Waals surface area contributed by atoms with Crippen molar-refractivity contribution < 1.29 is 0 Å². The Morgan fingerprint density at radius 1 is 0.973 bits per heavy atom. The molecule has 1 aliphatic rings. The molecule has 0 aliphatic heterocycles. The average molecular weight is 531 g/mol. The highest BCUT2D eigenvalue weighted by atomic mass is 32.1. The fourth-order valence-corrected chi connectivity index (χ4v) is 7.13. The van der Waals surface area contributed by atoms with Crippen LogP contribution in [0.3, 0.4) is 0 Å². The molecule has 0 fully saturated rings. The zero-order valence-electron chi connectivity index (χ0n) is 23.0. The fraction of sp³-hybridized carbons (Fsp3) is 0.419. The lowest BCUT2D eigenvalue weighted by molar-refractivity contribution is 0.331. The van der Waals surface area contributed by atoms with Gasteiger partial charge in [0.1, 0.15) is 15.7 Å². The van der Waals surface area contributed by atoms with E-state index in [0.29, 0.717) is 11.7 Å². The van der Waals surface area contributed by atoms with E-state index in [1.807, 2.05) is 0 Å². The van der Waals surface area contributed by atoms with Crippen LogP contribution in [0.1, 0.15) is 89.5 Å². The van der Waals surface area contributed by atoms with Crippen molar-refractivity contribution in [3.8, 4) is 21.1 Å². The van der Waals surface area contributed by atoms with Crippen LogP contribution in [-0.2, 0) is 17.3 Å². The van der Waals surface area contributed by atoms with Gasteiger partial charge < -0.3 is 11.1 Å². The van der Waals surface area contributed by atoms with Gasteiger partial charge in [-0.2, -0.15) is 0 Å². The predicted molar refractivity (Wildman–Crippen MR) is 162 cm³/mol. The van der Waals surface area contributed by atoms with Gasteiger partial charge >= 0.3 is 0 Å². The molecule has 0 radical (unpaired) electrons. The first-order valence-electron chi connectivity index (χ1n) is 13.3. The van der Waals surface area contributed by atoms with Gasteiger partial charge in [-0.15, -0.1) is 11.3 Å².